The zero-order valence-electron chi connectivity index (χ0n) is 19.1. The number of carbonyl (C=O) groups is 3. The summed E-state index contributed by atoms with van der Waals surface area (Å²) in [6, 6.07) is -4.17. The molecular weight excluding hydrogens is 478 g/mol. The van der Waals surface area contributed by atoms with Crippen LogP contribution in [0.4, 0.5) is 0 Å². The lowest BCUT2D eigenvalue weighted by atomic mass is 9.94. The van der Waals surface area contributed by atoms with Crippen LogP contribution in [0.25, 0.3) is 0 Å². The summed E-state index contributed by atoms with van der Waals surface area (Å²) in [5, 5.41) is 64.9. The lowest BCUT2D eigenvalue weighted by Gasteiger charge is -2.47. The Morgan fingerprint density at radius 3 is 2.06 bits per heavy atom. The predicted molar refractivity (Wildman–Crippen MR) is 111 cm³/mol. The lowest BCUT2D eigenvalue weighted by Crippen LogP contribution is -2.69. The number of hydrogen-bond donors (Lipinski definition) is 9. The minimum atomic E-state index is -1.81. The van der Waals surface area contributed by atoms with Crippen molar-refractivity contribution in [1.29, 1.82) is 0 Å². The van der Waals surface area contributed by atoms with Gasteiger partial charge in [-0.2, -0.15) is 0 Å². The standard InChI is InChI=1S/C19H33N3O13/c1-6(25)21-12-14(29)16(9(5-24)34-18(12)32-2)35-19-15(30)11(13(28)8(4-23)33-19)22-17(31)7(20)3-10(26)27/h7-9,11-16,18-19,23-24,28-30H,3-5,20H2,1-2H3,(H,21,25)(H,22,31)(H,26,27)/t7-,8+,9+,11+,12-,13-,14+,15+,16+,18-,19-/m0/s1. The number of methoxy groups -OCH3 is 1. The zero-order chi connectivity index (χ0) is 26.4. The number of nitrogens with one attached hydrogen (secondary N) is 2. The van der Waals surface area contributed by atoms with Gasteiger partial charge in [0.15, 0.2) is 12.6 Å². The normalized spacial score (nSPS) is 38.4. The van der Waals surface area contributed by atoms with Crippen LogP contribution in [0, 0.1) is 0 Å². The number of carboxylic acid groups (broad SMARTS) is 1. The molecular formula is C19H33N3O13. The maximum absolute atomic E-state index is 12.3. The Labute approximate surface area is 199 Å². The van der Waals surface area contributed by atoms with Gasteiger partial charge in [-0.15, -0.1) is 0 Å². The van der Waals surface area contributed by atoms with Crippen molar-refractivity contribution in [3.8, 4) is 0 Å². The van der Waals surface area contributed by atoms with Gasteiger partial charge in [-0.1, -0.05) is 0 Å². The maximum atomic E-state index is 12.3. The van der Waals surface area contributed by atoms with Crippen molar-refractivity contribution in [2.75, 3.05) is 20.3 Å². The molecule has 2 aliphatic heterocycles. The second-order valence-electron chi connectivity index (χ2n) is 8.22. The summed E-state index contributed by atoms with van der Waals surface area (Å²) in [6.45, 7) is -0.251. The summed E-state index contributed by atoms with van der Waals surface area (Å²) < 4.78 is 21.7. The summed E-state index contributed by atoms with van der Waals surface area (Å²) in [6.07, 6.45) is -12.6. The molecule has 0 saturated carbocycles. The van der Waals surface area contributed by atoms with E-state index in [1.807, 2.05) is 0 Å². The molecule has 35 heavy (non-hydrogen) atoms. The van der Waals surface area contributed by atoms with Gasteiger partial charge in [0.05, 0.1) is 31.7 Å². The lowest BCUT2D eigenvalue weighted by molar-refractivity contribution is -0.336. The molecule has 2 heterocycles. The Balaban J connectivity index is 2.24. The highest BCUT2D eigenvalue weighted by atomic mass is 16.7. The number of aliphatic hydroxyl groups is 5. The molecule has 0 aromatic heterocycles. The average Bonchev–Trinajstić information content (AvgIpc) is 2.79. The highest BCUT2D eigenvalue weighted by Crippen LogP contribution is 2.29. The molecule has 11 atom stereocenters. The summed E-state index contributed by atoms with van der Waals surface area (Å²) in [4.78, 5) is 34.7. The van der Waals surface area contributed by atoms with Crippen LogP contribution in [0.15, 0.2) is 0 Å². The number of hydrogen-bond acceptors (Lipinski definition) is 13. The van der Waals surface area contributed by atoms with Gasteiger partial charge < -0.3 is 66.0 Å². The Morgan fingerprint density at radius 2 is 1.54 bits per heavy atom. The summed E-state index contributed by atoms with van der Waals surface area (Å²) >= 11 is 0. The summed E-state index contributed by atoms with van der Waals surface area (Å²) in [5.74, 6) is -2.88. The predicted octanol–water partition coefficient (Wildman–Crippen LogP) is -5.67. The molecule has 2 aliphatic rings. The average molecular weight is 511 g/mol. The van der Waals surface area contributed by atoms with E-state index >= 15 is 0 Å². The molecule has 10 N–H and O–H groups in total. The SMILES string of the molecule is CO[C@H]1O[C@H](CO)[C@@H](O[C@@H]2O[C@H](CO)[C@H](O)[C@@H](NC(=O)[C@@H](N)CC(=O)O)[C@H]2O)[C@H](O)[C@@H]1NC(C)=O. The van der Waals surface area contributed by atoms with Crippen LogP contribution in [-0.4, -0.2) is 136 Å². The van der Waals surface area contributed by atoms with Crippen molar-refractivity contribution in [3.05, 3.63) is 0 Å². The molecule has 0 aliphatic carbocycles. The van der Waals surface area contributed by atoms with Crippen molar-refractivity contribution in [3.63, 3.8) is 0 Å². The van der Waals surface area contributed by atoms with E-state index in [0.29, 0.717) is 0 Å². The fourth-order valence-electron chi connectivity index (χ4n) is 3.90. The van der Waals surface area contributed by atoms with Gasteiger partial charge in [-0.3, -0.25) is 14.4 Å². The number of carbonyl (C=O) groups excluding carboxylic acids is 2. The highest BCUT2D eigenvalue weighted by Gasteiger charge is 2.51. The maximum Gasteiger partial charge on any atom is 0.305 e. The Morgan fingerprint density at radius 1 is 0.943 bits per heavy atom. The number of amides is 2. The molecule has 0 radical (unpaired) electrons. The number of aliphatic hydroxyl groups excluding tert-OH is 5. The van der Waals surface area contributed by atoms with E-state index in [-0.39, 0.29) is 0 Å². The molecule has 0 aromatic carbocycles. The van der Waals surface area contributed by atoms with Gasteiger partial charge in [0.25, 0.3) is 0 Å². The van der Waals surface area contributed by atoms with Crippen LogP contribution in [-0.2, 0) is 33.3 Å². The Bertz CT molecular complexity index is 743. The van der Waals surface area contributed by atoms with Crippen LogP contribution < -0.4 is 16.4 Å². The first-order valence-corrected chi connectivity index (χ1v) is 10.7. The first kappa shape index (κ1) is 29.2. The monoisotopic (exact) mass is 511 g/mol. The van der Waals surface area contributed by atoms with Crippen LogP contribution in [0.1, 0.15) is 13.3 Å². The van der Waals surface area contributed by atoms with Crippen molar-refractivity contribution in [2.24, 2.45) is 5.73 Å². The van der Waals surface area contributed by atoms with Crippen molar-refractivity contribution >= 4 is 17.8 Å². The van der Waals surface area contributed by atoms with E-state index < -0.39 is 105 Å². The minimum absolute atomic E-state index is 0.529. The van der Waals surface area contributed by atoms with Gasteiger partial charge in [-0.05, 0) is 0 Å². The molecule has 0 aromatic rings. The van der Waals surface area contributed by atoms with Gasteiger partial charge in [0, 0.05) is 14.0 Å². The number of rotatable bonds is 10. The molecule has 2 rings (SSSR count). The molecule has 0 bridgehead atoms. The van der Waals surface area contributed by atoms with E-state index in [0.717, 1.165) is 0 Å². The summed E-state index contributed by atoms with van der Waals surface area (Å²) in [5.41, 5.74) is 5.52. The van der Waals surface area contributed by atoms with Crippen LogP contribution in [0.5, 0.6) is 0 Å². The quantitative estimate of drug-likeness (QED) is 0.132. The van der Waals surface area contributed by atoms with Crippen molar-refractivity contribution in [2.45, 2.75) is 80.7 Å². The second kappa shape index (κ2) is 12.8. The highest BCUT2D eigenvalue weighted by molar-refractivity contribution is 5.86. The minimum Gasteiger partial charge on any atom is -0.481 e. The van der Waals surface area contributed by atoms with E-state index in [4.69, 9.17) is 29.8 Å². The third-order valence-corrected chi connectivity index (χ3v) is 5.67. The van der Waals surface area contributed by atoms with Crippen molar-refractivity contribution < 1.29 is 64.0 Å². The molecule has 16 heteroatoms. The van der Waals surface area contributed by atoms with Gasteiger partial charge in [-0.25, -0.2) is 0 Å². The molecule has 2 fully saturated rings. The van der Waals surface area contributed by atoms with Crippen LogP contribution in [0.3, 0.4) is 0 Å². The van der Waals surface area contributed by atoms with E-state index in [1.54, 1.807) is 0 Å². The fraction of sp³-hybridized carbons (Fsp3) is 0.842. The first-order chi connectivity index (χ1) is 16.4. The number of ether oxygens (including phenoxy) is 4. The zero-order valence-corrected chi connectivity index (χ0v) is 19.1. The molecule has 2 saturated heterocycles. The van der Waals surface area contributed by atoms with Crippen LogP contribution >= 0.6 is 0 Å². The number of carboxylic acids is 1. The fourth-order valence-corrected chi connectivity index (χ4v) is 3.90. The van der Waals surface area contributed by atoms with E-state index in [9.17, 15) is 39.9 Å². The molecule has 2 amide bonds. The Hall–Kier alpha value is -1.99. The number of nitrogens with two attached hydrogens (primary N) is 1. The molecule has 202 valence electrons. The van der Waals surface area contributed by atoms with Crippen molar-refractivity contribution in [1.82, 2.24) is 10.6 Å². The molecule has 0 unspecified atom stereocenters. The van der Waals surface area contributed by atoms with Gasteiger partial charge >= 0.3 is 5.97 Å². The molecule has 0 spiro atoms. The first-order valence-electron chi connectivity index (χ1n) is 10.7. The van der Waals surface area contributed by atoms with Crippen LogP contribution in [0.2, 0.25) is 0 Å². The van der Waals surface area contributed by atoms with Gasteiger partial charge in [0.2, 0.25) is 11.8 Å². The smallest absolute Gasteiger partial charge is 0.305 e. The summed E-state index contributed by atoms with van der Waals surface area (Å²) in [7, 11) is 1.26. The largest absolute Gasteiger partial charge is 0.481 e. The van der Waals surface area contributed by atoms with E-state index in [2.05, 4.69) is 10.6 Å². The second-order valence-corrected chi connectivity index (χ2v) is 8.22. The number of aliphatic carboxylic acids is 1. The topological polar surface area (TPSA) is 260 Å². The van der Waals surface area contributed by atoms with Gasteiger partial charge in [0.1, 0.15) is 42.7 Å². The third kappa shape index (κ3) is 7.04. The third-order valence-electron chi connectivity index (χ3n) is 5.67. The Kier molecular flexibility index (Phi) is 10.7. The van der Waals surface area contributed by atoms with E-state index in [1.165, 1.54) is 14.0 Å². The molecule has 16 nitrogen and oxygen atoms in total.